The van der Waals surface area contributed by atoms with Crippen LogP contribution in [-0.4, -0.2) is 11.7 Å². The summed E-state index contributed by atoms with van der Waals surface area (Å²) in [5.74, 6) is -0.371. The lowest BCUT2D eigenvalue weighted by atomic mass is 9.76. The molecule has 0 saturated carbocycles. The molecule has 1 atom stereocenters. The molecule has 0 bridgehead atoms. The number of nitrogens with two attached hydrogens (primary N) is 1. The third-order valence-corrected chi connectivity index (χ3v) is 4.39. The van der Waals surface area contributed by atoms with E-state index in [9.17, 15) is 9.50 Å². The van der Waals surface area contributed by atoms with Crippen molar-refractivity contribution in [2.45, 2.75) is 18.9 Å². The normalized spacial score (nSPS) is 17.8. The highest BCUT2D eigenvalue weighted by Gasteiger charge is 2.43. The molecule has 2 aromatic carbocycles. The minimum atomic E-state index is -0.888. The van der Waals surface area contributed by atoms with Gasteiger partial charge in [0.25, 0.3) is 0 Å². The molecule has 0 saturated heterocycles. The van der Waals surface area contributed by atoms with E-state index in [0.29, 0.717) is 24.9 Å². The SMILES string of the molecule is NCC1(C(O)c2ccccc2F)Cc2ccccc2C1. The summed E-state index contributed by atoms with van der Waals surface area (Å²) < 4.78 is 13.9. The first kappa shape index (κ1) is 13.3. The Morgan fingerprint density at radius 2 is 1.60 bits per heavy atom. The second-order valence-corrected chi connectivity index (χ2v) is 5.61. The number of fused-ring (bicyclic) bond motifs is 1. The summed E-state index contributed by atoms with van der Waals surface area (Å²) >= 11 is 0. The van der Waals surface area contributed by atoms with E-state index in [1.54, 1.807) is 18.2 Å². The van der Waals surface area contributed by atoms with Gasteiger partial charge in [0.2, 0.25) is 0 Å². The number of benzene rings is 2. The molecular formula is C17H18FNO. The van der Waals surface area contributed by atoms with Crippen LogP contribution in [0.3, 0.4) is 0 Å². The largest absolute Gasteiger partial charge is 0.388 e. The number of aliphatic hydroxyl groups is 1. The fourth-order valence-corrected chi connectivity index (χ4v) is 3.20. The van der Waals surface area contributed by atoms with Crippen molar-refractivity contribution in [2.24, 2.45) is 11.1 Å². The molecule has 1 aliphatic carbocycles. The van der Waals surface area contributed by atoms with Crippen molar-refractivity contribution >= 4 is 0 Å². The van der Waals surface area contributed by atoms with Gasteiger partial charge in [-0.2, -0.15) is 0 Å². The zero-order chi connectivity index (χ0) is 14.2. The highest BCUT2D eigenvalue weighted by Crippen LogP contribution is 2.45. The maximum atomic E-state index is 13.9. The van der Waals surface area contributed by atoms with Gasteiger partial charge in [0, 0.05) is 17.5 Å². The van der Waals surface area contributed by atoms with Crippen LogP contribution in [0.25, 0.3) is 0 Å². The first-order valence-corrected chi connectivity index (χ1v) is 6.86. The van der Waals surface area contributed by atoms with E-state index in [2.05, 4.69) is 12.1 Å². The maximum absolute atomic E-state index is 13.9. The van der Waals surface area contributed by atoms with Gasteiger partial charge in [0.05, 0.1) is 6.10 Å². The Labute approximate surface area is 118 Å². The van der Waals surface area contributed by atoms with Crippen LogP contribution >= 0.6 is 0 Å². The Hall–Kier alpha value is -1.71. The molecule has 3 heteroatoms. The van der Waals surface area contributed by atoms with Crippen LogP contribution in [0.5, 0.6) is 0 Å². The van der Waals surface area contributed by atoms with Crippen molar-refractivity contribution in [3.05, 3.63) is 71.0 Å². The second kappa shape index (κ2) is 5.00. The Kier molecular flexibility index (Phi) is 3.32. The molecule has 0 spiro atoms. The molecule has 0 fully saturated rings. The quantitative estimate of drug-likeness (QED) is 0.901. The summed E-state index contributed by atoms with van der Waals surface area (Å²) in [5, 5.41) is 10.7. The highest BCUT2D eigenvalue weighted by atomic mass is 19.1. The topological polar surface area (TPSA) is 46.2 Å². The monoisotopic (exact) mass is 271 g/mol. The van der Waals surface area contributed by atoms with Gasteiger partial charge in [0.15, 0.2) is 0 Å². The summed E-state index contributed by atoms with van der Waals surface area (Å²) in [6.45, 7) is 0.331. The van der Waals surface area contributed by atoms with Gasteiger partial charge in [-0.25, -0.2) is 4.39 Å². The molecule has 0 heterocycles. The van der Waals surface area contributed by atoms with Crippen molar-refractivity contribution in [2.75, 3.05) is 6.54 Å². The van der Waals surface area contributed by atoms with Gasteiger partial charge >= 0.3 is 0 Å². The van der Waals surface area contributed by atoms with Crippen molar-refractivity contribution < 1.29 is 9.50 Å². The van der Waals surface area contributed by atoms with Gasteiger partial charge < -0.3 is 10.8 Å². The smallest absolute Gasteiger partial charge is 0.129 e. The van der Waals surface area contributed by atoms with E-state index < -0.39 is 11.5 Å². The minimum Gasteiger partial charge on any atom is -0.388 e. The first-order valence-electron chi connectivity index (χ1n) is 6.86. The molecule has 1 unspecified atom stereocenters. The number of hydrogen-bond acceptors (Lipinski definition) is 2. The van der Waals surface area contributed by atoms with Crippen molar-refractivity contribution in [1.82, 2.24) is 0 Å². The molecule has 2 nitrogen and oxygen atoms in total. The van der Waals surface area contributed by atoms with Crippen LogP contribution in [0.15, 0.2) is 48.5 Å². The lowest BCUT2D eigenvalue weighted by Crippen LogP contribution is -2.38. The van der Waals surface area contributed by atoms with Crippen molar-refractivity contribution in [3.8, 4) is 0 Å². The molecular weight excluding hydrogens is 253 g/mol. The average Bonchev–Trinajstić information content (AvgIpc) is 2.87. The lowest BCUT2D eigenvalue weighted by Gasteiger charge is -2.33. The molecule has 3 rings (SSSR count). The summed E-state index contributed by atoms with van der Waals surface area (Å²) in [5.41, 5.74) is 8.19. The van der Waals surface area contributed by atoms with Crippen molar-refractivity contribution in [1.29, 1.82) is 0 Å². The zero-order valence-corrected chi connectivity index (χ0v) is 11.2. The Balaban J connectivity index is 1.98. The second-order valence-electron chi connectivity index (χ2n) is 5.61. The fraction of sp³-hybridized carbons (Fsp3) is 0.294. The Morgan fingerprint density at radius 1 is 1.05 bits per heavy atom. The summed E-state index contributed by atoms with van der Waals surface area (Å²) in [6.07, 6.45) is 0.491. The highest BCUT2D eigenvalue weighted by molar-refractivity contribution is 5.37. The van der Waals surface area contributed by atoms with E-state index in [0.717, 1.165) is 0 Å². The van der Waals surface area contributed by atoms with Gasteiger partial charge in [-0.05, 0) is 30.0 Å². The van der Waals surface area contributed by atoms with Crippen LogP contribution in [0.1, 0.15) is 22.8 Å². The molecule has 1 aliphatic rings. The summed E-state index contributed by atoms with van der Waals surface area (Å²) in [6, 6.07) is 14.5. The number of aliphatic hydroxyl groups excluding tert-OH is 1. The van der Waals surface area contributed by atoms with Crippen LogP contribution in [0.4, 0.5) is 4.39 Å². The molecule has 0 aliphatic heterocycles. The lowest BCUT2D eigenvalue weighted by molar-refractivity contribution is 0.0330. The summed E-state index contributed by atoms with van der Waals surface area (Å²) in [4.78, 5) is 0. The van der Waals surface area contributed by atoms with E-state index in [1.165, 1.54) is 17.2 Å². The van der Waals surface area contributed by atoms with Gasteiger partial charge in [0.1, 0.15) is 5.82 Å². The molecule has 3 N–H and O–H groups in total. The molecule has 0 radical (unpaired) electrons. The van der Waals surface area contributed by atoms with Gasteiger partial charge in [-0.3, -0.25) is 0 Å². The Morgan fingerprint density at radius 3 is 2.15 bits per heavy atom. The van der Waals surface area contributed by atoms with Gasteiger partial charge in [-0.15, -0.1) is 0 Å². The molecule has 0 aromatic heterocycles. The van der Waals surface area contributed by atoms with E-state index in [1.807, 2.05) is 12.1 Å². The number of halogens is 1. The standard InChI is InChI=1S/C17H18FNO/c18-15-8-4-3-7-14(15)16(20)17(11-19)9-12-5-1-2-6-13(12)10-17/h1-8,16,20H,9-11,19H2. The van der Waals surface area contributed by atoms with Crippen molar-refractivity contribution in [3.63, 3.8) is 0 Å². The molecule has 0 amide bonds. The first-order chi connectivity index (χ1) is 9.66. The van der Waals surface area contributed by atoms with Crippen LogP contribution in [0, 0.1) is 11.2 Å². The Bertz CT molecular complexity index is 601. The number of hydrogen-bond donors (Lipinski definition) is 2. The average molecular weight is 271 g/mol. The van der Waals surface area contributed by atoms with E-state index in [4.69, 9.17) is 5.73 Å². The number of rotatable bonds is 3. The maximum Gasteiger partial charge on any atom is 0.129 e. The minimum absolute atomic E-state index is 0.331. The predicted octanol–water partition coefficient (Wildman–Crippen LogP) is 2.60. The molecule has 20 heavy (non-hydrogen) atoms. The zero-order valence-electron chi connectivity index (χ0n) is 11.2. The van der Waals surface area contributed by atoms with Gasteiger partial charge in [-0.1, -0.05) is 42.5 Å². The third kappa shape index (κ3) is 2.03. The van der Waals surface area contributed by atoms with Crippen LogP contribution in [-0.2, 0) is 12.8 Å². The summed E-state index contributed by atoms with van der Waals surface area (Å²) in [7, 11) is 0. The predicted molar refractivity (Wildman–Crippen MR) is 76.7 cm³/mol. The molecule has 2 aromatic rings. The van der Waals surface area contributed by atoms with Crippen LogP contribution < -0.4 is 5.73 Å². The fourth-order valence-electron chi connectivity index (χ4n) is 3.20. The van der Waals surface area contributed by atoms with E-state index in [-0.39, 0.29) is 5.82 Å². The van der Waals surface area contributed by atoms with Crippen LogP contribution in [0.2, 0.25) is 0 Å². The third-order valence-electron chi connectivity index (χ3n) is 4.39. The van der Waals surface area contributed by atoms with E-state index >= 15 is 0 Å². The molecule has 104 valence electrons.